The van der Waals surface area contributed by atoms with Gasteiger partial charge in [0.05, 0.1) is 6.61 Å². The molecule has 0 aliphatic carbocycles. The number of allylic oxidation sites excluding steroid dienone is 2. The third kappa shape index (κ3) is 13.6. The van der Waals surface area contributed by atoms with Crippen LogP contribution in [-0.4, -0.2) is 18.4 Å². The molecule has 0 aromatic rings. The van der Waals surface area contributed by atoms with E-state index < -0.39 is 5.92 Å². The van der Waals surface area contributed by atoms with E-state index in [1.807, 2.05) is 12.2 Å². The Morgan fingerprint density at radius 2 is 1.36 bits per heavy atom. The Bertz CT molecular complexity index is 373. The molecule has 0 fully saturated rings. The largest absolute Gasteiger partial charge is 0.465 e. The minimum Gasteiger partial charge on any atom is -0.465 e. The summed E-state index contributed by atoms with van der Waals surface area (Å²) in [7, 11) is 0. The first-order valence-electron chi connectivity index (χ1n) is 10.1. The average molecular weight is 351 g/mol. The number of esters is 1. The number of unbranched alkanes of at least 4 members (excludes halogenated alkanes) is 9. The fraction of sp³-hybridized carbons (Fsp3) is 0.727. The summed E-state index contributed by atoms with van der Waals surface area (Å²) in [5, 5.41) is 0. The number of hydrogen-bond donors (Lipinski definition) is 0. The Morgan fingerprint density at radius 1 is 0.840 bits per heavy atom. The van der Waals surface area contributed by atoms with Crippen molar-refractivity contribution >= 4 is 11.8 Å². The quantitative estimate of drug-likeness (QED) is 0.128. The molecule has 0 aromatic heterocycles. The Balaban J connectivity index is 4.09. The first-order valence-corrected chi connectivity index (χ1v) is 10.1. The fourth-order valence-electron chi connectivity index (χ4n) is 2.94. The number of carbonyl (C=O) groups excluding carboxylic acids is 2. The first kappa shape index (κ1) is 23.6. The summed E-state index contributed by atoms with van der Waals surface area (Å²) in [5.41, 5.74) is 0. The number of ether oxygens (including phenoxy) is 1. The predicted molar refractivity (Wildman–Crippen MR) is 106 cm³/mol. The number of rotatable bonds is 18. The molecule has 0 bridgehead atoms. The first-order chi connectivity index (χ1) is 12.2. The minimum absolute atomic E-state index is 0.0654. The van der Waals surface area contributed by atoms with Crippen LogP contribution in [0.4, 0.5) is 0 Å². The Hall–Kier alpha value is -1.38. The summed E-state index contributed by atoms with van der Waals surface area (Å²) in [6.07, 6.45) is 16.8. The van der Waals surface area contributed by atoms with E-state index in [0.717, 1.165) is 57.8 Å². The topological polar surface area (TPSA) is 43.4 Å². The zero-order chi connectivity index (χ0) is 18.8. The van der Waals surface area contributed by atoms with Gasteiger partial charge < -0.3 is 4.74 Å². The van der Waals surface area contributed by atoms with Crippen LogP contribution in [0.2, 0.25) is 0 Å². The maximum atomic E-state index is 12.4. The molecule has 0 aromatic carbocycles. The van der Waals surface area contributed by atoms with Crippen molar-refractivity contribution in [3.05, 3.63) is 25.3 Å². The molecule has 3 heteroatoms. The molecular weight excluding hydrogens is 312 g/mol. The normalized spacial score (nSPS) is 11.7. The van der Waals surface area contributed by atoms with Crippen molar-refractivity contribution in [3.63, 3.8) is 0 Å². The van der Waals surface area contributed by atoms with Crippen molar-refractivity contribution in [3.8, 4) is 0 Å². The number of ketones is 1. The second kappa shape index (κ2) is 17.4. The van der Waals surface area contributed by atoms with Crippen LogP contribution in [-0.2, 0) is 14.3 Å². The van der Waals surface area contributed by atoms with Crippen molar-refractivity contribution < 1.29 is 14.3 Å². The van der Waals surface area contributed by atoms with Gasteiger partial charge in [0.15, 0.2) is 0 Å². The number of Topliss-reactive ketones (excluding diaryl/α,β-unsaturated/α-hetero) is 1. The maximum Gasteiger partial charge on any atom is 0.316 e. The molecule has 144 valence electrons. The lowest BCUT2D eigenvalue weighted by molar-refractivity contribution is -0.152. The minimum atomic E-state index is -0.555. The van der Waals surface area contributed by atoms with E-state index in [1.165, 1.54) is 12.8 Å². The molecule has 1 atom stereocenters. The standard InChI is InChI=1S/C22H38O3/c1-4-7-9-11-13-15-17-19-21(23)20(22(24)25-6-3)18-16-14-12-10-8-5-2/h4-5,20H,1-2,6-19H2,3H3. The summed E-state index contributed by atoms with van der Waals surface area (Å²) >= 11 is 0. The van der Waals surface area contributed by atoms with Crippen molar-refractivity contribution in [2.24, 2.45) is 5.92 Å². The number of hydrogen-bond acceptors (Lipinski definition) is 3. The molecule has 25 heavy (non-hydrogen) atoms. The highest BCUT2D eigenvalue weighted by molar-refractivity contribution is 5.98. The third-order valence-electron chi connectivity index (χ3n) is 4.44. The summed E-state index contributed by atoms with van der Waals surface area (Å²) < 4.78 is 5.11. The van der Waals surface area contributed by atoms with Gasteiger partial charge in [0.25, 0.3) is 0 Å². The van der Waals surface area contributed by atoms with Gasteiger partial charge in [0, 0.05) is 6.42 Å². The lowest BCUT2D eigenvalue weighted by atomic mass is 9.93. The molecule has 0 amide bonds. The SMILES string of the molecule is C=CCCCCCCCC(=O)C(CCCCCCC=C)C(=O)OCC. The van der Waals surface area contributed by atoms with Crippen LogP contribution in [0.3, 0.4) is 0 Å². The molecule has 1 unspecified atom stereocenters. The van der Waals surface area contributed by atoms with E-state index in [9.17, 15) is 9.59 Å². The van der Waals surface area contributed by atoms with Crippen LogP contribution in [0, 0.1) is 5.92 Å². The zero-order valence-electron chi connectivity index (χ0n) is 16.3. The van der Waals surface area contributed by atoms with Gasteiger partial charge in [-0.2, -0.15) is 0 Å². The average Bonchev–Trinajstić information content (AvgIpc) is 2.60. The highest BCUT2D eigenvalue weighted by Gasteiger charge is 2.26. The van der Waals surface area contributed by atoms with Gasteiger partial charge in [-0.25, -0.2) is 0 Å². The van der Waals surface area contributed by atoms with Gasteiger partial charge >= 0.3 is 5.97 Å². The van der Waals surface area contributed by atoms with Crippen LogP contribution in [0.15, 0.2) is 25.3 Å². The second-order valence-corrected chi connectivity index (χ2v) is 6.65. The lowest BCUT2D eigenvalue weighted by Crippen LogP contribution is -2.26. The Labute approximate surface area is 154 Å². The van der Waals surface area contributed by atoms with E-state index in [1.54, 1.807) is 6.92 Å². The summed E-state index contributed by atoms with van der Waals surface area (Å²) in [5.74, 6) is -0.819. The van der Waals surface area contributed by atoms with Crippen LogP contribution in [0.5, 0.6) is 0 Å². The van der Waals surface area contributed by atoms with Crippen molar-refractivity contribution in [2.75, 3.05) is 6.61 Å². The van der Waals surface area contributed by atoms with Crippen LogP contribution in [0.1, 0.15) is 90.4 Å². The van der Waals surface area contributed by atoms with Gasteiger partial charge in [-0.1, -0.05) is 50.7 Å². The second-order valence-electron chi connectivity index (χ2n) is 6.65. The maximum absolute atomic E-state index is 12.4. The predicted octanol–water partition coefficient (Wildman–Crippen LogP) is 6.18. The van der Waals surface area contributed by atoms with Crippen molar-refractivity contribution in [1.82, 2.24) is 0 Å². The number of carbonyl (C=O) groups is 2. The highest BCUT2D eigenvalue weighted by Crippen LogP contribution is 2.18. The van der Waals surface area contributed by atoms with Crippen molar-refractivity contribution in [2.45, 2.75) is 90.4 Å². The van der Waals surface area contributed by atoms with E-state index in [0.29, 0.717) is 19.4 Å². The lowest BCUT2D eigenvalue weighted by Gasteiger charge is -2.14. The zero-order valence-corrected chi connectivity index (χ0v) is 16.3. The van der Waals surface area contributed by atoms with E-state index in [4.69, 9.17) is 4.74 Å². The molecule has 0 rings (SSSR count). The van der Waals surface area contributed by atoms with E-state index in [-0.39, 0.29) is 11.8 Å². The fourth-order valence-corrected chi connectivity index (χ4v) is 2.94. The molecule has 0 N–H and O–H groups in total. The molecule has 0 aliphatic rings. The molecule has 0 saturated heterocycles. The molecular formula is C22H38O3. The third-order valence-corrected chi connectivity index (χ3v) is 4.44. The molecule has 0 saturated carbocycles. The summed E-state index contributed by atoms with van der Waals surface area (Å²) in [6.45, 7) is 9.57. The van der Waals surface area contributed by atoms with Gasteiger partial charge in [-0.15, -0.1) is 13.2 Å². The highest BCUT2D eigenvalue weighted by atomic mass is 16.5. The molecule has 0 spiro atoms. The molecule has 3 nitrogen and oxygen atoms in total. The molecule has 0 radical (unpaired) electrons. The summed E-state index contributed by atoms with van der Waals surface area (Å²) in [6, 6.07) is 0. The van der Waals surface area contributed by atoms with Gasteiger partial charge in [-0.05, 0) is 45.4 Å². The summed E-state index contributed by atoms with van der Waals surface area (Å²) in [4.78, 5) is 24.5. The molecule has 0 aliphatic heterocycles. The van der Waals surface area contributed by atoms with Crippen LogP contribution < -0.4 is 0 Å². The molecule has 0 heterocycles. The van der Waals surface area contributed by atoms with Crippen molar-refractivity contribution in [1.29, 1.82) is 0 Å². The van der Waals surface area contributed by atoms with E-state index in [2.05, 4.69) is 13.2 Å². The van der Waals surface area contributed by atoms with Gasteiger partial charge in [0.1, 0.15) is 11.7 Å². The Kier molecular flexibility index (Phi) is 16.5. The monoisotopic (exact) mass is 350 g/mol. The van der Waals surface area contributed by atoms with Crippen LogP contribution >= 0.6 is 0 Å². The van der Waals surface area contributed by atoms with E-state index >= 15 is 0 Å². The van der Waals surface area contributed by atoms with Gasteiger partial charge in [0.2, 0.25) is 0 Å². The van der Waals surface area contributed by atoms with Gasteiger partial charge in [-0.3, -0.25) is 9.59 Å². The Morgan fingerprint density at radius 3 is 1.92 bits per heavy atom. The smallest absolute Gasteiger partial charge is 0.316 e. The van der Waals surface area contributed by atoms with Crippen LogP contribution in [0.25, 0.3) is 0 Å².